The lowest BCUT2D eigenvalue weighted by atomic mass is 10.2. The van der Waals surface area contributed by atoms with Crippen LogP contribution in [0.1, 0.15) is 20.8 Å². The van der Waals surface area contributed by atoms with Gasteiger partial charge in [0.25, 0.3) is 5.69 Å². The third-order valence-corrected chi connectivity index (χ3v) is 1.38. The van der Waals surface area contributed by atoms with E-state index < -0.39 is 4.92 Å². The summed E-state index contributed by atoms with van der Waals surface area (Å²) in [5, 5.41) is 10.4. The monoisotopic (exact) mass is 194 g/mol. The van der Waals surface area contributed by atoms with Gasteiger partial charge in [-0.3, -0.25) is 10.1 Å². The molecule has 0 bridgehead atoms. The number of hydrogen-bond acceptors (Lipinski definition) is 3. The van der Waals surface area contributed by atoms with Crippen molar-refractivity contribution >= 4 is 5.69 Å². The summed E-state index contributed by atoms with van der Waals surface area (Å²) in [4.78, 5) is 9.98. The molecule has 0 spiro atoms. The fourth-order valence-corrected chi connectivity index (χ4v) is 0.956. The number of ether oxygens (including phenoxy) is 1. The van der Waals surface area contributed by atoms with E-state index in [4.69, 9.17) is 4.74 Å². The Morgan fingerprint density at radius 2 is 2.07 bits per heavy atom. The van der Waals surface area contributed by atoms with Crippen LogP contribution in [0.15, 0.2) is 18.2 Å². The number of benzene rings is 1. The second kappa shape index (κ2) is 3.65. The molecule has 0 aliphatic rings. The summed E-state index contributed by atoms with van der Waals surface area (Å²) in [7, 11) is 0. The zero-order chi connectivity index (χ0) is 10.8. The van der Waals surface area contributed by atoms with Crippen LogP contribution < -0.4 is 4.74 Å². The average molecular weight is 194 g/mol. The number of nitro benzene ring substituents is 1. The van der Waals surface area contributed by atoms with Crippen molar-refractivity contribution in [2.45, 2.75) is 26.4 Å². The lowest BCUT2D eigenvalue weighted by Crippen LogP contribution is -2.22. The van der Waals surface area contributed by atoms with E-state index in [0.717, 1.165) is 0 Å². The molecule has 0 heterocycles. The van der Waals surface area contributed by atoms with Gasteiger partial charge in [-0.1, -0.05) is 0 Å². The van der Waals surface area contributed by atoms with E-state index in [9.17, 15) is 10.1 Å². The van der Waals surface area contributed by atoms with Crippen molar-refractivity contribution in [3.63, 3.8) is 0 Å². The normalized spacial score (nSPS) is 11.1. The van der Waals surface area contributed by atoms with Crippen molar-refractivity contribution in [1.82, 2.24) is 0 Å². The number of non-ortho nitro benzene ring substituents is 1. The molecule has 14 heavy (non-hydrogen) atoms. The van der Waals surface area contributed by atoms with Gasteiger partial charge in [-0.15, -0.1) is 0 Å². The van der Waals surface area contributed by atoms with Gasteiger partial charge in [0.15, 0.2) is 0 Å². The maximum absolute atomic E-state index is 10.4. The molecule has 1 rings (SSSR count). The molecule has 0 atom stereocenters. The quantitative estimate of drug-likeness (QED) is 0.537. The molecule has 0 unspecified atom stereocenters. The van der Waals surface area contributed by atoms with Crippen molar-refractivity contribution < 1.29 is 9.66 Å². The van der Waals surface area contributed by atoms with Crippen LogP contribution in [0.4, 0.5) is 5.69 Å². The molecule has 0 aromatic heterocycles. The Hall–Kier alpha value is -1.58. The Bertz CT molecular complexity index is 341. The minimum Gasteiger partial charge on any atom is -0.488 e. The molecule has 0 saturated carbocycles. The smallest absolute Gasteiger partial charge is 0.273 e. The minimum absolute atomic E-state index is 0.00764. The molecule has 1 aromatic rings. The highest BCUT2D eigenvalue weighted by Crippen LogP contribution is 2.22. The van der Waals surface area contributed by atoms with E-state index in [1.165, 1.54) is 12.1 Å². The van der Waals surface area contributed by atoms with Crippen molar-refractivity contribution in [2.24, 2.45) is 0 Å². The molecule has 4 heteroatoms. The van der Waals surface area contributed by atoms with Crippen LogP contribution in [-0.4, -0.2) is 10.5 Å². The molecule has 1 radical (unpaired) electrons. The van der Waals surface area contributed by atoms with E-state index >= 15 is 0 Å². The van der Waals surface area contributed by atoms with Crippen LogP contribution in [0, 0.1) is 16.2 Å². The van der Waals surface area contributed by atoms with Crippen molar-refractivity contribution in [1.29, 1.82) is 0 Å². The largest absolute Gasteiger partial charge is 0.488 e. The van der Waals surface area contributed by atoms with Crippen LogP contribution in [-0.2, 0) is 0 Å². The standard InChI is InChI=1S/C10H12NO3/c1-10(2,3)14-9-6-4-5-8(7-9)11(12)13/h5-7H,1-3H3. The Kier molecular flexibility index (Phi) is 2.74. The van der Waals surface area contributed by atoms with Gasteiger partial charge in [-0.2, -0.15) is 0 Å². The maximum atomic E-state index is 10.4. The summed E-state index contributed by atoms with van der Waals surface area (Å²) < 4.78 is 5.46. The Morgan fingerprint density at radius 1 is 1.43 bits per heavy atom. The first-order valence-electron chi connectivity index (χ1n) is 4.23. The van der Waals surface area contributed by atoms with Gasteiger partial charge in [0.1, 0.15) is 11.4 Å². The second-order valence-corrected chi connectivity index (χ2v) is 3.90. The highest BCUT2D eigenvalue weighted by atomic mass is 16.6. The molecule has 0 aliphatic carbocycles. The van der Waals surface area contributed by atoms with Crippen molar-refractivity contribution in [2.75, 3.05) is 0 Å². The number of rotatable bonds is 2. The predicted octanol–water partition coefficient (Wildman–Crippen LogP) is 2.57. The summed E-state index contributed by atoms with van der Waals surface area (Å²) in [5.41, 5.74) is -0.366. The van der Waals surface area contributed by atoms with E-state index in [-0.39, 0.29) is 11.3 Å². The third-order valence-electron chi connectivity index (χ3n) is 1.38. The van der Waals surface area contributed by atoms with Gasteiger partial charge in [-0.25, -0.2) is 0 Å². The second-order valence-electron chi connectivity index (χ2n) is 3.90. The summed E-state index contributed by atoms with van der Waals surface area (Å²) in [6, 6.07) is 6.95. The van der Waals surface area contributed by atoms with Gasteiger partial charge >= 0.3 is 0 Å². The summed E-state index contributed by atoms with van der Waals surface area (Å²) in [5.74, 6) is 0.465. The molecule has 0 aliphatic heterocycles. The van der Waals surface area contributed by atoms with E-state index in [1.54, 1.807) is 6.07 Å². The lowest BCUT2D eigenvalue weighted by molar-refractivity contribution is -0.385. The summed E-state index contributed by atoms with van der Waals surface area (Å²) >= 11 is 0. The molecule has 0 N–H and O–H groups in total. The Morgan fingerprint density at radius 3 is 2.57 bits per heavy atom. The number of nitro groups is 1. The van der Waals surface area contributed by atoms with Gasteiger partial charge in [0.05, 0.1) is 11.0 Å². The molecule has 75 valence electrons. The zero-order valence-electron chi connectivity index (χ0n) is 8.40. The summed E-state index contributed by atoms with van der Waals surface area (Å²) in [6.45, 7) is 5.64. The van der Waals surface area contributed by atoms with Gasteiger partial charge in [-0.05, 0) is 32.9 Å². The molecule has 0 fully saturated rings. The minimum atomic E-state index is -0.466. The molecular formula is C10H12NO3. The van der Waals surface area contributed by atoms with E-state index in [2.05, 4.69) is 6.07 Å². The van der Waals surface area contributed by atoms with Crippen LogP contribution >= 0.6 is 0 Å². The topological polar surface area (TPSA) is 52.4 Å². The molecular weight excluding hydrogens is 182 g/mol. The average Bonchev–Trinajstić information content (AvgIpc) is 2.01. The van der Waals surface area contributed by atoms with Gasteiger partial charge in [0, 0.05) is 6.07 Å². The van der Waals surface area contributed by atoms with E-state index in [0.29, 0.717) is 5.75 Å². The molecule has 0 amide bonds. The Labute approximate surface area is 82.7 Å². The Balaban J connectivity index is 2.89. The van der Waals surface area contributed by atoms with Crippen molar-refractivity contribution in [3.05, 3.63) is 34.4 Å². The van der Waals surface area contributed by atoms with Crippen molar-refractivity contribution in [3.8, 4) is 5.75 Å². The summed E-state index contributed by atoms with van der Waals surface area (Å²) in [6.07, 6.45) is 0. The van der Waals surface area contributed by atoms with Crippen LogP contribution in [0.3, 0.4) is 0 Å². The van der Waals surface area contributed by atoms with Crippen LogP contribution in [0.2, 0.25) is 0 Å². The number of hydrogen-bond donors (Lipinski definition) is 0. The fourth-order valence-electron chi connectivity index (χ4n) is 0.956. The molecule has 0 saturated heterocycles. The van der Waals surface area contributed by atoms with E-state index in [1.807, 2.05) is 20.8 Å². The first-order chi connectivity index (χ1) is 6.38. The van der Waals surface area contributed by atoms with Crippen LogP contribution in [0.5, 0.6) is 5.75 Å². The molecule has 1 aromatic carbocycles. The first-order valence-corrected chi connectivity index (χ1v) is 4.23. The van der Waals surface area contributed by atoms with Gasteiger partial charge in [0.2, 0.25) is 0 Å². The predicted molar refractivity (Wildman–Crippen MR) is 52.3 cm³/mol. The SMILES string of the molecule is CC(C)(C)Oc1c[c]cc([N+](=O)[O-])c1. The fraction of sp³-hybridized carbons (Fsp3) is 0.400. The number of nitrogens with zero attached hydrogens (tertiary/aromatic N) is 1. The maximum Gasteiger partial charge on any atom is 0.273 e. The highest BCUT2D eigenvalue weighted by molar-refractivity contribution is 5.37. The first kappa shape index (κ1) is 10.5. The zero-order valence-corrected chi connectivity index (χ0v) is 8.40. The van der Waals surface area contributed by atoms with Gasteiger partial charge < -0.3 is 4.74 Å². The van der Waals surface area contributed by atoms with Crippen LogP contribution in [0.25, 0.3) is 0 Å². The third kappa shape index (κ3) is 3.05. The molecule has 4 nitrogen and oxygen atoms in total. The highest BCUT2D eigenvalue weighted by Gasteiger charge is 2.14. The lowest BCUT2D eigenvalue weighted by Gasteiger charge is -2.20.